The third kappa shape index (κ3) is 1.68. The SMILES string of the molecule is c1ccc2c(c1)CCC2N1CCOCC1. The van der Waals surface area contributed by atoms with Crippen LogP contribution in [0.2, 0.25) is 0 Å². The first kappa shape index (κ1) is 9.37. The van der Waals surface area contributed by atoms with Crippen molar-refractivity contribution in [2.24, 2.45) is 0 Å². The molecule has 0 saturated carbocycles. The van der Waals surface area contributed by atoms with Crippen molar-refractivity contribution >= 4 is 0 Å². The molecular formula is C13H17NO. The molecule has 1 unspecified atom stereocenters. The number of fused-ring (bicyclic) bond motifs is 1. The molecule has 1 atom stereocenters. The number of hydrogen-bond donors (Lipinski definition) is 0. The van der Waals surface area contributed by atoms with E-state index in [1.54, 1.807) is 11.1 Å². The van der Waals surface area contributed by atoms with Crippen molar-refractivity contribution in [3.8, 4) is 0 Å². The lowest BCUT2D eigenvalue weighted by Gasteiger charge is -2.32. The van der Waals surface area contributed by atoms with Gasteiger partial charge < -0.3 is 4.74 Å². The lowest BCUT2D eigenvalue weighted by molar-refractivity contribution is 0.0164. The standard InChI is InChI=1S/C13H17NO/c1-2-4-12-11(3-1)5-6-13(12)14-7-9-15-10-8-14/h1-4,13H,5-10H2. The summed E-state index contributed by atoms with van der Waals surface area (Å²) >= 11 is 0. The van der Waals surface area contributed by atoms with Gasteiger partial charge in [0, 0.05) is 19.1 Å². The molecule has 1 saturated heterocycles. The summed E-state index contributed by atoms with van der Waals surface area (Å²) in [5, 5.41) is 0. The van der Waals surface area contributed by atoms with Crippen molar-refractivity contribution in [1.82, 2.24) is 4.90 Å². The summed E-state index contributed by atoms with van der Waals surface area (Å²) in [5.74, 6) is 0. The minimum Gasteiger partial charge on any atom is -0.379 e. The molecule has 1 aromatic rings. The molecule has 2 aliphatic rings. The molecule has 0 bridgehead atoms. The topological polar surface area (TPSA) is 12.5 Å². The number of aryl methyl sites for hydroxylation is 1. The molecule has 1 aliphatic heterocycles. The van der Waals surface area contributed by atoms with Gasteiger partial charge in [-0.15, -0.1) is 0 Å². The molecular weight excluding hydrogens is 186 g/mol. The first-order chi connectivity index (χ1) is 7.45. The molecule has 2 nitrogen and oxygen atoms in total. The first-order valence-electron chi connectivity index (χ1n) is 5.85. The second-order valence-corrected chi connectivity index (χ2v) is 4.40. The van der Waals surface area contributed by atoms with E-state index in [4.69, 9.17) is 4.74 Å². The van der Waals surface area contributed by atoms with Crippen LogP contribution in [0.4, 0.5) is 0 Å². The van der Waals surface area contributed by atoms with E-state index in [2.05, 4.69) is 29.2 Å². The van der Waals surface area contributed by atoms with E-state index in [0.717, 1.165) is 26.3 Å². The Hall–Kier alpha value is -0.860. The summed E-state index contributed by atoms with van der Waals surface area (Å²) in [4.78, 5) is 2.58. The maximum absolute atomic E-state index is 5.41. The van der Waals surface area contributed by atoms with Crippen LogP contribution in [0.25, 0.3) is 0 Å². The molecule has 0 N–H and O–H groups in total. The summed E-state index contributed by atoms with van der Waals surface area (Å²) in [6.45, 7) is 4.00. The average Bonchev–Trinajstić information content (AvgIpc) is 2.74. The number of rotatable bonds is 1. The highest BCUT2D eigenvalue weighted by atomic mass is 16.5. The molecule has 80 valence electrons. The first-order valence-corrected chi connectivity index (χ1v) is 5.85. The Morgan fingerprint density at radius 1 is 1.13 bits per heavy atom. The zero-order valence-corrected chi connectivity index (χ0v) is 8.98. The predicted molar refractivity (Wildman–Crippen MR) is 59.9 cm³/mol. The number of ether oxygens (including phenoxy) is 1. The summed E-state index contributed by atoms with van der Waals surface area (Å²) in [6.07, 6.45) is 2.54. The molecule has 15 heavy (non-hydrogen) atoms. The van der Waals surface area contributed by atoms with Crippen LogP contribution in [0, 0.1) is 0 Å². The number of nitrogens with zero attached hydrogens (tertiary/aromatic N) is 1. The maximum atomic E-state index is 5.41. The van der Waals surface area contributed by atoms with Crippen molar-refractivity contribution in [2.45, 2.75) is 18.9 Å². The molecule has 3 rings (SSSR count). The fourth-order valence-corrected chi connectivity index (χ4v) is 2.80. The lowest BCUT2D eigenvalue weighted by Crippen LogP contribution is -2.38. The highest BCUT2D eigenvalue weighted by Crippen LogP contribution is 2.35. The van der Waals surface area contributed by atoms with Crippen LogP contribution in [0.3, 0.4) is 0 Å². The van der Waals surface area contributed by atoms with Crippen LogP contribution >= 0.6 is 0 Å². The maximum Gasteiger partial charge on any atom is 0.0594 e. The Morgan fingerprint density at radius 2 is 1.93 bits per heavy atom. The van der Waals surface area contributed by atoms with Crippen LogP contribution in [0.1, 0.15) is 23.6 Å². The Morgan fingerprint density at radius 3 is 2.80 bits per heavy atom. The van der Waals surface area contributed by atoms with Gasteiger partial charge >= 0.3 is 0 Å². The van der Waals surface area contributed by atoms with Crippen molar-refractivity contribution in [1.29, 1.82) is 0 Å². The van der Waals surface area contributed by atoms with Gasteiger partial charge in [-0.25, -0.2) is 0 Å². The Kier molecular flexibility index (Phi) is 2.47. The van der Waals surface area contributed by atoms with Crippen LogP contribution in [0.5, 0.6) is 0 Å². The van der Waals surface area contributed by atoms with E-state index < -0.39 is 0 Å². The molecule has 1 aliphatic carbocycles. The molecule has 1 aromatic carbocycles. The summed E-state index contributed by atoms with van der Waals surface area (Å²) in [6, 6.07) is 9.54. The van der Waals surface area contributed by atoms with Gasteiger partial charge in [-0.2, -0.15) is 0 Å². The zero-order chi connectivity index (χ0) is 10.1. The third-order valence-corrected chi connectivity index (χ3v) is 3.59. The molecule has 0 radical (unpaired) electrons. The van der Waals surface area contributed by atoms with Gasteiger partial charge in [0.1, 0.15) is 0 Å². The van der Waals surface area contributed by atoms with Crippen molar-refractivity contribution in [3.63, 3.8) is 0 Å². The highest BCUT2D eigenvalue weighted by molar-refractivity contribution is 5.34. The Bertz CT molecular complexity index is 344. The summed E-state index contributed by atoms with van der Waals surface area (Å²) in [5.41, 5.74) is 3.10. The van der Waals surface area contributed by atoms with E-state index >= 15 is 0 Å². The largest absolute Gasteiger partial charge is 0.379 e. The van der Waals surface area contributed by atoms with Crippen LogP contribution in [-0.4, -0.2) is 31.2 Å². The normalized spacial score (nSPS) is 26.5. The molecule has 0 spiro atoms. The fraction of sp³-hybridized carbons (Fsp3) is 0.538. The van der Waals surface area contributed by atoms with Gasteiger partial charge in [0.05, 0.1) is 13.2 Å². The van der Waals surface area contributed by atoms with Gasteiger partial charge in [0.2, 0.25) is 0 Å². The van der Waals surface area contributed by atoms with E-state index in [1.165, 1.54) is 12.8 Å². The summed E-state index contributed by atoms with van der Waals surface area (Å²) < 4.78 is 5.41. The van der Waals surface area contributed by atoms with Crippen LogP contribution in [0.15, 0.2) is 24.3 Å². The van der Waals surface area contributed by atoms with Gasteiger partial charge in [-0.05, 0) is 24.0 Å². The van der Waals surface area contributed by atoms with Crippen molar-refractivity contribution in [2.75, 3.05) is 26.3 Å². The van der Waals surface area contributed by atoms with E-state index in [1.807, 2.05) is 0 Å². The molecule has 1 fully saturated rings. The van der Waals surface area contributed by atoms with E-state index in [9.17, 15) is 0 Å². The predicted octanol–water partition coefficient (Wildman–Crippen LogP) is 2.01. The monoisotopic (exact) mass is 203 g/mol. The second-order valence-electron chi connectivity index (χ2n) is 4.40. The second kappa shape index (κ2) is 3.95. The molecule has 0 amide bonds. The highest BCUT2D eigenvalue weighted by Gasteiger charge is 2.28. The minimum atomic E-state index is 0.658. The molecule has 1 heterocycles. The molecule has 2 heteroatoms. The van der Waals surface area contributed by atoms with Crippen molar-refractivity contribution < 1.29 is 4.74 Å². The van der Waals surface area contributed by atoms with Crippen molar-refractivity contribution in [3.05, 3.63) is 35.4 Å². The lowest BCUT2D eigenvalue weighted by atomic mass is 10.1. The van der Waals surface area contributed by atoms with E-state index in [0.29, 0.717) is 6.04 Å². The van der Waals surface area contributed by atoms with E-state index in [-0.39, 0.29) is 0 Å². The Balaban J connectivity index is 1.83. The smallest absolute Gasteiger partial charge is 0.0594 e. The van der Waals surface area contributed by atoms with Gasteiger partial charge in [0.25, 0.3) is 0 Å². The number of benzene rings is 1. The van der Waals surface area contributed by atoms with Gasteiger partial charge in [0.15, 0.2) is 0 Å². The average molecular weight is 203 g/mol. The van der Waals surface area contributed by atoms with Gasteiger partial charge in [-0.3, -0.25) is 4.90 Å². The van der Waals surface area contributed by atoms with Crippen LogP contribution < -0.4 is 0 Å². The number of hydrogen-bond acceptors (Lipinski definition) is 2. The molecule has 0 aromatic heterocycles. The number of morpholine rings is 1. The quantitative estimate of drug-likeness (QED) is 0.692. The summed E-state index contributed by atoms with van der Waals surface area (Å²) in [7, 11) is 0. The van der Waals surface area contributed by atoms with Gasteiger partial charge in [-0.1, -0.05) is 24.3 Å². The fourth-order valence-electron chi connectivity index (χ4n) is 2.80. The zero-order valence-electron chi connectivity index (χ0n) is 8.98. The minimum absolute atomic E-state index is 0.658. The van der Waals surface area contributed by atoms with Crippen LogP contribution in [-0.2, 0) is 11.2 Å². The third-order valence-electron chi connectivity index (χ3n) is 3.59. The Labute approximate surface area is 90.8 Å².